The highest BCUT2D eigenvalue weighted by Crippen LogP contribution is 2.29. The lowest BCUT2D eigenvalue weighted by molar-refractivity contribution is -0.385. The minimum atomic E-state index is -0.911. The number of fused-ring (bicyclic) bond motifs is 1. The molecular weight excluding hydrogens is 432 g/mol. The highest BCUT2D eigenvalue weighted by Gasteiger charge is 2.42. The number of hydrogen-bond acceptors (Lipinski definition) is 7. The van der Waals surface area contributed by atoms with Crippen molar-refractivity contribution in [2.75, 3.05) is 0 Å². The zero-order chi connectivity index (χ0) is 23.7. The van der Waals surface area contributed by atoms with Gasteiger partial charge in [0.1, 0.15) is 0 Å². The van der Waals surface area contributed by atoms with Crippen LogP contribution in [0.4, 0.5) is 11.4 Å². The number of nitro benzene ring substituents is 2. The summed E-state index contributed by atoms with van der Waals surface area (Å²) in [5.74, 6) is -2.48. The lowest BCUT2D eigenvalue weighted by Crippen LogP contribution is -2.49. The van der Waals surface area contributed by atoms with Gasteiger partial charge in [-0.2, -0.15) is 5.01 Å². The molecule has 11 heteroatoms. The lowest BCUT2D eigenvalue weighted by atomic mass is 10.1. The van der Waals surface area contributed by atoms with Gasteiger partial charge >= 0.3 is 0 Å². The summed E-state index contributed by atoms with van der Waals surface area (Å²) in [4.78, 5) is 60.8. The first-order valence-corrected chi connectivity index (χ1v) is 9.56. The third-order valence-corrected chi connectivity index (χ3v) is 5.06. The van der Waals surface area contributed by atoms with Crippen LogP contribution < -0.4 is 0 Å². The predicted octanol–water partition coefficient (Wildman–Crippen LogP) is 3.36. The maximum Gasteiger partial charge on any atom is 0.280 e. The molecule has 0 unspecified atom stereocenters. The Morgan fingerprint density at radius 3 is 2.03 bits per heavy atom. The van der Waals surface area contributed by atoms with Gasteiger partial charge in [-0.3, -0.25) is 34.6 Å². The van der Waals surface area contributed by atoms with E-state index in [2.05, 4.69) is 0 Å². The molecule has 164 valence electrons. The third kappa shape index (κ3) is 3.78. The molecule has 33 heavy (non-hydrogen) atoms. The van der Waals surface area contributed by atoms with Gasteiger partial charge in [-0.05, 0) is 18.2 Å². The van der Waals surface area contributed by atoms with Crippen LogP contribution in [0.15, 0.2) is 72.8 Å². The summed E-state index contributed by atoms with van der Waals surface area (Å²) in [6.07, 6.45) is 0. The fourth-order valence-corrected chi connectivity index (χ4v) is 3.51. The molecule has 3 aromatic rings. The molecule has 0 fully saturated rings. The van der Waals surface area contributed by atoms with E-state index in [9.17, 15) is 34.6 Å². The number of non-ortho nitro benzene ring substituents is 1. The van der Waals surface area contributed by atoms with Gasteiger partial charge in [0.25, 0.3) is 29.1 Å². The number of imide groups is 1. The number of hydrazine groups is 1. The molecule has 0 saturated heterocycles. The first-order chi connectivity index (χ1) is 15.8. The molecule has 4 rings (SSSR count). The second kappa shape index (κ2) is 8.30. The third-order valence-electron chi connectivity index (χ3n) is 5.06. The molecule has 0 spiro atoms. The van der Waals surface area contributed by atoms with Crippen molar-refractivity contribution in [2.24, 2.45) is 0 Å². The van der Waals surface area contributed by atoms with Crippen LogP contribution in [-0.2, 0) is 6.54 Å². The molecule has 0 bridgehead atoms. The maximum atomic E-state index is 13.4. The molecule has 0 radical (unpaired) electrons. The number of nitrogens with zero attached hydrogens (tertiary/aromatic N) is 4. The minimum Gasteiger partial charge on any atom is -0.267 e. The summed E-state index contributed by atoms with van der Waals surface area (Å²) in [6.45, 7) is -0.496. The molecule has 1 heterocycles. The van der Waals surface area contributed by atoms with Crippen molar-refractivity contribution in [3.63, 3.8) is 0 Å². The second-order valence-electron chi connectivity index (χ2n) is 7.02. The summed E-state index contributed by atoms with van der Waals surface area (Å²) < 4.78 is 0. The van der Waals surface area contributed by atoms with Crippen molar-refractivity contribution in [2.45, 2.75) is 6.54 Å². The largest absolute Gasteiger partial charge is 0.280 e. The van der Waals surface area contributed by atoms with E-state index >= 15 is 0 Å². The first-order valence-electron chi connectivity index (χ1n) is 9.56. The lowest BCUT2D eigenvalue weighted by Gasteiger charge is -2.30. The summed E-state index contributed by atoms with van der Waals surface area (Å²) in [5, 5.41) is 24.0. The van der Waals surface area contributed by atoms with E-state index in [1.54, 1.807) is 12.1 Å². The zero-order valence-corrected chi connectivity index (χ0v) is 16.8. The molecule has 0 aliphatic carbocycles. The number of nitro groups is 2. The standard InChI is InChI=1S/C22H14N4O7/c27-20(14-7-5-8-16(12-14)25(30)31)23(13-15-6-1-4-11-19(15)26(32)33)24-21(28)17-9-2-3-10-18(17)22(24)29/h1-12H,13H2. The smallest absolute Gasteiger partial charge is 0.267 e. The average Bonchev–Trinajstić information content (AvgIpc) is 3.07. The summed E-state index contributed by atoms with van der Waals surface area (Å²) in [5.41, 5.74) is -0.638. The Bertz CT molecular complexity index is 1300. The monoisotopic (exact) mass is 446 g/mol. The van der Waals surface area contributed by atoms with Crippen LogP contribution in [0, 0.1) is 20.2 Å². The summed E-state index contributed by atoms with van der Waals surface area (Å²) in [6, 6.07) is 16.3. The number of benzene rings is 3. The number of carbonyl (C=O) groups excluding carboxylic acids is 3. The number of amides is 3. The molecule has 0 atom stereocenters. The van der Waals surface area contributed by atoms with Gasteiger partial charge in [-0.1, -0.05) is 36.4 Å². The fraction of sp³-hybridized carbons (Fsp3) is 0.0455. The van der Waals surface area contributed by atoms with Gasteiger partial charge in [-0.25, -0.2) is 5.01 Å². The Hall–Kier alpha value is -4.93. The van der Waals surface area contributed by atoms with Gasteiger partial charge in [-0.15, -0.1) is 0 Å². The van der Waals surface area contributed by atoms with Crippen LogP contribution >= 0.6 is 0 Å². The number of rotatable bonds is 6. The van der Waals surface area contributed by atoms with Crippen molar-refractivity contribution in [3.8, 4) is 0 Å². The van der Waals surface area contributed by atoms with Crippen LogP contribution in [-0.4, -0.2) is 37.6 Å². The van der Waals surface area contributed by atoms with Crippen molar-refractivity contribution in [1.29, 1.82) is 0 Å². The Morgan fingerprint density at radius 1 is 0.818 bits per heavy atom. The fourth-order valence-electron chi connectivity index (χ4n) is 3.51. The van der Waals surface area contributed by atoms with Gasteiger partial charge in [0.05, 0.1) is 33.1 Å². The predicted molar refractivity (Wildman–Crippen MR) is 113 cm³/mol. The van der Waals surface area contributed by atoms with E-state index in [0.717, 1.165) is 11.1 Å². The quantitative estimate of drug-likeness (QED) is 0.321. The minimum absolute atomic E-state index is 0.0674. The van der Waals surface area contributed by atoms with Crippen molar-refractivity contribution >= 4 is 29.1 Å². The van der Waals surface area contributed by atoms with Crippen molar-refractivity contribution in [3.05, 3.63) is 115 Å². The number of carbonyl (C=O) groups is 3. The molecule has 0 aromatic heterocycles. The molecule has 3 aromatic carbocycles. The van der Waals surface area contributed by atoms with E-state index in [1.807, 2.05) is 0 Å². The normalized spacial score (nSPS) is 12.4. The van der Waals surface area contributed by atoms with E-state index in [1.165, 1.54) is 54.6 Å². The van der Waals surface area contributed by atoms with Crippen molar-refractivity contribution in [1.82, 2.24) is 10.0 Å². The van der Waals surface area contributed by atoms with Crippen LogP contribution in [0.3, 0.4) is 0 Å². The molecule has 11 nitrogen and oxygen atoms in total. The van der Waals surface area contributed by atoms with Gasteiger partial charge < -0.3 is 0 Å². The van der Waals surface area contributed by atoms with Gasteiger partial charge in [0.2, 0.25) is 0 Å². The number of para-hydroxylation sites is 1. The van der Waals surface area contributed by atoms with E-state index in [4.69, 9.17) is 0 Å². The molecule has 3 amide bonds. The summed E-state index contributed by atoms with van der Waals surface area (Å²) >= 11 is 0. The molecular formula is C22H14N4O7. The van der Waals surface area contributed by atoms with Crippen LogP contribution in [0.5, 0.6) is 0 Å². The molecule has 0 saturated carbocycles. The number of hydrogen-bond donors (Lipinski definition) is 0. The Balaban J connectivity index is 1.82. The molecule has 1 aliphatic heterocycles. The first kappa shape index (κ1) is 21.3. The van der Waals surface area contributed by atoms with E-state index < -0.39 is 34.1 Å². The Morgan fingerprint density at radius 2 is 1.42 bits per heavy atom. The average molecular weight is 446 g/mol. The topological polar surface area (TPSA) is 144 Å². The Kier molecular flexibility index (Phi) is 5.36. The van der Waals surface area contributed by atoms with E-state index in [0.29, 0.717) is 5.01 Å². The Labute approximate surface area is 185 Å². The van der Waals surface area contributed by atoms with Crippen LogP contribution in [0.25, 0.3) is 0 Å². The van der Waals surface area contributed by atoms with Crippen molar-refractivity contribution < 1.29 is 24.2 Å². The highest BCUT2D eigenvalue weighted by atomic mass is 16.6. The molecule has 0 N–H and O–H groups in total. The maximum absolute atomic E-state index is 13.4. The van der Waals surface area contributed by atoms with Gasteiger partial charge in [0.15, 0.2) is 0 Å². The summed E-state index contributed by atoms with van der Waals surface area (Å²) in [7, 11) is 0. The molecule has 1 aliphatic rings. The second-order valence-corrected chi connectivity index (χ2v) is 7.02. The zero-order valence-electron chi connectivity index (χ0n) is 16.8. The highest BCUT2D eigenvalue weighted by molar-refractivity contribution is 6.22. The van der Waals surface area contributed by atoms with Gasteiger partial charge in [0, 0.05) is 23.8 Å². The van der Waals surface area contributed by atoms with Crippen LogP contribution in [0.1, 0.15) is 36.6 Å². The SMILES string of the molecule is O=C(c1cccc([N+](=O)[O-])c1)N(Cc1ccccc1[N+](=O)[O-])N1C(=O)c2ccccc2C1=O. The van der Waals surface area contributed by atoms with E-state index in [-0.39, 0.29) is 33.6 Å². The van der Waals surface area contributed by atoms with Crippen LogP contribution in [0.2, 0.25) is 0 Å².